The van der Waals surface area contributed by atoms with Gasteiger partial charge in [-0.25, -0.2) is 14.0 Å². The highest BCUT2D eigenvalue weighted by molar-refractivity contribution is 5.98. The summed E-state index contributed by atoms with van der Waals surface area (Å²) in [4.78, 5) is 26.3. The minimum atomic E-state index is -0.875. The molecule has 1 aliphatic rings. The number of halogens is 1. The Balaban J connectivity index is 2.55. The summed E-state index contributed by atoms with van der Waals surface area (Å²) in [6, 6.07) is 6.04. The smallest absolute Gasteiger partial charge is 0.336 e. The van der Waals surface area contributed by atoms with Crippen LogP contribution < -0.4 is 0 Å². The van der Waals surface area contributed by atoms with Gasteiger partial charge in [0.15, 0.2) is 0 Å². The molecule has 0 saturated heterocycles. The Morgan fingerprint density at radius 2 is 1.54 bits per heavy atom. The summed E-state index contributed by atoms with van der Waals surface area (Å²) in [6.07, 6.45) is 3.08. The maximum Gasteiger partial charge on any atom is 0.336 e. The van der Waals surface area contributed by atoms with E-state index >= 15 is 0 Å². The van der Waals surface area contributed by atoms with Crippen LogP contribution in [0.5, 0.6) is 0 Å². The summed E-state index contributed by atoms with van der Waals surface area (Å²) in [5.41, 5.74) is 0.606. The van der Waals surface area contributed by atoms with Crippen LogP contribution >= 0.6 is 0 Å². The summed E-state index contributed by atoms with van der Waals surface area (Å²) < 4.78 is 24.5. The highest BCUT2D eigenvalue weighted by Gasteiger charge is 2.36. The van der Waals surface area contributed by atoms with Crippen molar-refractivity contribution in [2.75, 3.05) is 20.3 Å². The number of esters is 2. The van der Waals surface area contributed by atoms with Gasteiger partial charge in [0, 0.05) is 25.0 Å². The number of carbonyl (C=O) groups is 2. The van der Waals surface area contributed by atoms with Gasteiger partial charge in [0.25, 0.3) is 0 Å². The molecule has 1 aromatic carbocycles. The van der Waals surface area contributed by atoms with Crippen LogP contribution in [0.2, 0.25) is 0 Å². The molecule has 1 aromatic rings. The van der Waals surface area contributed by atoms with Crippen LogP contribution in [0.25, 0.3) is 0 Å². The zero-order valence-electron chi connectivity index (χ0n) is 13.9. The third-order valence-electron chi connectivity index (χ3n) is 3.55. The largest absolute Gasteiger partial charge is 0.463 e. The van der Waals surface area contributed by atoms with Crippen molar-refractivity contribution < 1.29 is 23.5 Å². The van der Waals surface area contributed by atoms with E-state index < -0.39 is 23.7 Å². The number of ether oxygens (including phenoxy) is 2. The zero-order chi connectivity index (χ0) is 17.7. The molecule has 1 aliphatic heterocycles. The molecule has 0 radical (unpaired) electrons. The van der Waals surface area contributed by atoms with Crippen molar-refractivity contribution >= 4 is 11.9 Å². The summed E-state index contributed by atoms with van der Waals surface area (Å²) in [5.74, 6) is -2.56. The first-order valence-electron chi connectivity index (χ1n) is 7.73. The minimum absolute atomic E-state index is 0.183. The number of carbonyl (C=O) groups excluding carboxylic acids is 2. The lowest BCUT2D eigenvalue weighted by Gasteiger charge is -2.28. The average molecular weight is 333 g/mol. The van der Waals surface area contributed by atoms with E-state index in [1.807, 2.05) is 0 Å². The van der Waals surface area contributed by atoms with Gasteiger partial charge in [-0.2, -0.15) is 0 Å². The monoisotopic (exact) mass is 333 g/mol. The lowest BCUT2D eigenvalue weighted by atomic mass is 9.83. The van der Waals surface area contributed by atoms with Gasteiger partial charge in [-0.05, 0) is 19.9 Å². The van der Waals surface area contributed by atoms with Crippen LogP contribution in [0.3, 0.4) is 0 Å². The van der Waals surface area contributed by atoms with Gasteiger partial charge in [-0.1, -0.05) is 18.2 Å². The molecule has 0 saturated carbocycles. The van der Waals surface area contributed by atoms with Crippen molar-refractivity contribution in [1.82, 2.24) is 4.90 Å². The fraction of sp³-hybridized carbons (Fsp3) is 0.333. The van der Waals surface area contributed by atoms with Gasteiger partial charge in [-0.15, -0.1) is 0 Å². The van der Waals surface area contributed by atoms with Crippen molar-refractivity contribution in [2.45, 2.75) is 19.8 Å². The molecule has 0 fully saturated rings. The molecular weight excluding hydrogens is 313 g/mol. The van der Waals surface area contributed by atoms with Crippen LogP contribution in [-0.4, -0.2) is 37.1 Å². The van der Waals surface area contributed by atoms with E-state index in [1.165, 1.54) is 18.5 Å². The molecule has 0 bridgehead atoms. The molecule has 0 unspecified atom stereocenters. The van der Waals surface area contributed by atoms with Gasteiger partial charge in [0.1, 0.15) is 5.82 Å². The van der Waals surface area contributed by atoms with Gasteiger partial charge < -0.3 is 14.4 Å². The van der Waals surface area contributed by atoms with Crippen LogP contribution in [0.1, 0.15) is 25.3 Å². The highest BCUT2D eigenvalue weighted by atomic mass is 19.1. The SMILES string of the molecule is CCOC(=O)C1=CN(C)C=C(C(=O)OCC)C1c1ccccc1F. The van der Waals surface area contributed by atoms with Gasteiger partial charge in [0.2, 0.25) is 0 Å². The predicted octanol–water partition coefficient (Wildman–Crippen LogP) is 2.75. The lowest BCUT2D eigenvalue weighted by molar-refractivity contribution is -0.139. The standard InChI is InChI=1S/C18H20FNO4/c1-4-23-17(21)13-10-20(3)11-14(18(22)24-5-2)16(13)12-8-6-7-9-15(12)19/h6-11,16H,4-5H2,1-3H3. The van der Waals surface area contributed by atoms with Crippen molar-refractivity contribution in [2.24, 2.45) is 0 Å². The van der Waals surface area contributed by atoms with Crippen LogP contribution in [0.15, 0.2) is 47.8 Å². The molecular formula is C18H20FNO4. The molecule has 5 nitrogen and oxygen atoms in total. The average Bonchev–Trinajstić information content (AvgIpc) is 2.55. The quantitative estimate of drug-likeness (QED) is 0.776. The molecule has 0 spiro atoms. The first-order chi connectivity index (χ1) is 11.5. The second kappa shape index (κ2) is 7.77. The second-order valence-corrected chi connectivity index (χ2v) is 5.23. The Bertz CT molecular complexity index is 660. The Morgan fingerprint density at radius 1 is 1.04 bits per heavy atom. The third-order valence-corrected chi connectivity index (χ3v) is 3.55. The van der Waals surface area contributed by atoms with Crippen molar-refractivity contribution in [3.8, 4) is 0 Å². The van der Waals surface area contributed by atoms with Crippen LogP contribution in [0.4, 0.5) is 4.39 Å². The van der Waals surface area contributed by atoms with Gasteiger partial charge >= 0.3 is 11.9 Å². The molecule has 24 heavy (non-hydrogen) atoms. The maximum absolute atomic E-state index is 14.3. The first kappa shape index (κ1) is 17.7. The number of nitrogens with zero attached hydrogens (tertiary/aromatic N) is 1. The first-order valence-corrected chi connectivity index (χ1v) is 7.73. The van der Waals surface area contributed by atoms with E-state index in [2.05, 4.69) is 0 Å². The summed E-state index contributed by atoms with van der Waals surface area (Å²) in [6.45, 7) is 3.74. The Hall–Kier alpha value is -2.63. The van der Waals surface area contributed by atoms with Gasteiger partial charge in [0.05, 0.1) is 30.3 Å². The second-order valence-electron chi connectivity index (χ2n) is 5.23. The molecule has 128 valence electrons. The van der Waals surface area contributed by atoms with Crippen LogP contribution in [-0.2, 0) is 19.1 Å². The number of benzene rings is 1. The van der Waals surface area contributed by atoms with Crippen molar-refractivity contribution in [3.05, 3.63) is 59.2 Å². The highest BCUT2D eigenvalue weighted by Crippen LogP contribution is 2.37. The molecule has 0 amide bonds. The van der Waals surface area contributed by atoms with E-state index in [1.54, 1.807) is 44.0 Å². The van der Waals surface area contributed by atoms with E-state index in [4.69, 9.17) is 9.47 Å². The number of hydrogen-bond donors (Lipinski definition) is 0. The summed E-state index contributed by atoms with van der Waals surface area (Å²) >= 11 is 0. The fourth-order valence-corrected chi connectivity index (χ4v) is 2.61. The predicted molar refractivity (Wildman–Crippen MR) is 86.3 cm³/mol. The Kier molecular flexibility index (Phi) is 5.73. The molecule has 0 atom stereocenters. The number of rotatable bonds is 5. The summed E-state index contributed by atoms with van der Waals surface area (Å²) in [5, 5.41) is 0. The van der Waals surface area contributed by atoms with E-state index in [0.29, 0.717) is 0 Å². The van der Waals surface area contributed by atoms with Crippen LogP contribution in [0, 0.1) is 5.82 Å². The Labute approximate surface area is 140 Å². The van der Waals surface area contributed by atoms with Gasteiger partial charge in [-0.3, -0.25) is 0 Å². The van der Waals surface area contributed by atoms with E-state index in [-0.39, 0.29) is 29.9 Å². The van der Waals surface area contributed by atoms with Crippen molar-refractivity contribution in [3.63, 3.8) is 0 Å². The molecule has 6 heteroatoms. The topological polar surface area (TPSA) is 55.8 Å². The Morgan fingerprint density at radius 3 is 2.00 bits per heavy atom. The maximum atomic E-state index is 14.3. The summed E-state index contributed by atoms with van der Waals surface area (Å²) in [7, 11) is 1.68. The van der Waals surface area contributed by atoms with E-state index in [0.717, 1.165) is 0 Å². The molecule has 0 aliphatic carbocycles. The molecule has 1 heterocycles. The molecule has 2 rings (SSSR count). The minimum Gasteiger partial charge on any atom is -0.463 e. The molecule has 0 N–H and O–H groups in total. The lowest BCUT2D eigenvalue weighted by Crippen LogP contribution is -2.28. The normalized spacial score (nSPS) is 14.8. The van der Waals surface area contributed by atoms with Crippen molar-refractivity contribution in [1.29, 1.82) is 0 Å². The fourth-order valence-electron chi connectivity index (χ4n) is 2.61. The van der Waals surface area contributed by atoms with E-state index in [9.17, 15) is 14.0 Å². The third kappa shape index (κ3) is 3.64. The zero-order valence-corrected chi connectivity index (χ0v) is 13.9. The molecule has 0 aromatic heterocycles. The number of hydrogen-bond acceptors (Lipinski definition) is 5.